The van der Waals surface area contributed by atoms with Crippen molar-refractivity contribution >= 4 is 0 Å². The van der Waals surface area contributed by atoms with Gasteiger partial charge in [-0.1, -0.05) is 91.0 Å². The second kappa shape index (κ2) is 10.0. The minimum absolute atomic E-state index is 0.603. The van der Waals surface area contributed by atoms with E-state index in [1.54, 1.807) is 0 Å². The zero-order chi connectivity index (χ0) is 20.5. The van der Waals surface area contributed by atoms with Crippen molar-refractivity contribution < 1.29 is 0 Å². The third-order valence-corrected chi connectivity index (χ3v) is 5.21. The summed E-state index contributed by atoms with van der Waals surface area (Å²) in [4.78, 5) is 4.50. The van der Waals surface area contributed by atoms with Gasteiger partial charge >= 0.3 is 0 Å². The summed E-state index contributed by atoms with van der Waals surface area (Å²) in [7, 11) is 4.19. The largest absolute Gasteiger partial charge is 0.300 e. The average Bonchev–Trinajstić information content (AvgIpc) is 2.75. The highest BCUT2D eigenvalue weighted by atomic mass is 15.1. The van der Waals surface area contributed by atoms with Crippen LogP contribution >= 0.6 is 0 Å². The normalized spacial score (nSPS) is 11.6. The van der Waals surface area contributed by atoms with Crippen LogP contribution in [0.2, 0.25) is 0 Å². The van der Waals surface area contributed by atoms with Gasteiger partial charge in [0, 0.05) is 26.2 Å². The number of benzene rings is 3. The van der Waals surface area contributed by atoms with E-state index in [-0.39, 0.29) is 0 Å². The van der Waals surface area contributed by atoms with Crippen LogP contribution in [0.25, 0.3) is 0 Å². The summed E-state index contributed by atoms with van der Waals surface area (Å²) in [5.74, 6) is 0. The number of hydrogen-bond acceptors (Lipinski definition) is 3. The monoisotopic (exact) mass is 383 g/mol. The maximum atomic E-state index is 10.4. The van der Waals surface area contributed by atoms with Gasteiger partial charge in [0.2, 0.25) is 0 Å². The molecular weight excluding hydrogens is 354 g/mol. The molecule has 0 bridgehead atoms. The minimum atomic E-state index is -0.603. The van der Waals surface area contributed by atoms with Crippen LogP contribution in [-0.2, 0) is 18.5 Å². The number of likely N-dealkylation sites (N-methyl/N-ethyl adjacent to an activating group) is 2. The van der Waals surface area contributed by atoms with Crippen molar-refractivity contribution in [2.45, 2.75) is 18.5 Å². The van der Waals surface area contributed by atoms with Crippen molar-refractivity contribution in [1.82, 2.24) is 9.80 Å². The number of nitriles is 1. The van der Waals surface area contributed by atoms with Crippen LogP contribution in [0.15, 0.2) is 91.0 Å². The van der Waals surface area contributed by atoms with Gasteiger partial charge in [0.1, 0.15) is 5.41 Å². The Balaban J connectivity index is 1.80. The average molecular weight is 384 g/mol. The van der Waals surface area contributed by atoms with Crippen LogP contribution < -0.4 is 0 Å². The summed E-state index contributed by atoms with van der Waals surface area (Å²) in [5.41, 5.74) is 2.98. The SMILES string of the molecule is CN(Cc1ccccc1)CC(C#N)(CN(C)Cc1ccccc1)c1ccccc1. The second-order valence-electron chi connectivity index (χ2n) is 7.88. The van der Waals surface area contributed by atoms with Gasteiger partial charge < -0.3 is 9.80 Å². The molecule has 0 fully saturated rings. The molecule has 0 N–H and O–H groups in total. The predicted octanol–water partition coefficient (Wildman–Crippen LogP) is 4.71. The van der Waals surface area contributed by atoms with Crippen molar-refractivity contribution in [3.8, 4) is 6.07 Å². The van der Waals surface area contributed by atoms with Crippen LogP contribution in [0.1, 0.15) is 16.7 Å². The van der Waals surface area contributed by atoms with E-state index in [0.717, 1.165) is 18.7 Å². The van der Waals surface area contributed by atoms with Crippen molar-refractivity contribution in [3.63, 3.8) is 0 Å². The Bertz CT molecular complexity index is 851. The lowest BCUT2D eigenvalue weighted by Crippen LogP contribution is -2.45. The predicted molar refractivity (Wildman–Crippen MR) is 119 cm³/mol. The van der Waals surface area contributed by atoms with E-state index in [2.05, 4.69) is 90.6 Å². The molecule has 0 aliphatic carbocycles. The zero-order valence-corrected chi connectivity index (χ0v) is 17.3. The Labute approximate surface area is 174 Å². The molecule has 0 unspecified atom stereocenters. The summed E-state index contributed by atoms with van der Waals surface area (Å²) >= 11 is 0. The summed E-state index contributed by atoms with van der Waals surface area (Å²) in [5, 5.41) is 10.4. The third-order valence-electron chi connectivity index (χ3n) is 5.21. The molecule has 0 saturated heterocycles. The van der Waals surface area contributed by atoms with Crippen molar-refractivity contribution in [2.24, 2.45) is 0 Å². The summed E-state index contributed by atoms with van der Waals surface area (Å²) in [6, 6.07) is 33.7. The topological polar surface area (TPSA) is 30.3 Å². The fraction of sp³-hybridized carbons (Fsp3) is 0.269. The molecule has 0 amide bonds. The second-order valence-corrected chi connectivity index (χ2v) is 7.88. The molecule has 3 rings (SSSR count). The lowest BCUT2D eigenvalue weighted by molar-refractivity contribution is 0.209. The first-order chi connectivity index (χ1) is 14.1. The first kappa shape index (κ1) is 20.8. The molecule has 0 atom stereocenters. The standard InChI is InChI=1S/C26H29N3/c1-28(18-23-12-6-3-7-13-23)21-26(20-27,25-16-10-5-11-17-25)22-29(2)19-24-14-8-4-9-15-24/h3-17H,18-19,21-22H2,1-2H3. The van der Waals surface area contributed by atoms with Crippen molar-refractivity contribution in [1.29, 1.82) is 5.26 Å². The number of rotatable bonds is 9. The number of nitrogens with zero attached hydrogens (tertiary/aromatic N) is 3. The molecule has 0 heterocycles. The third kappa shape index (κ3) is 5.77. The van der Waals surface area contributed by atoms with Crippen molar-refractivity contribution in [3.05, 3.63) is 108 Å². The highest BCUT2D eigenvalue weighted by Gasteiger charge is 2.35. The molecule has 0 radical (unpaired) electrons. The van der Waals surface area contributed by atoms with E-state index in [9.17, 15) is 5.26 Å². The van der Waals surface area contributed by atoms with Gasteiger partial charge in [-0.3, -0.25) is 0 Å². The lowest BCUT2D eigenvalue weighted by Gasteiger charge is -2.35. The molecule has 3 aromatic carbocycles. The molecular formula is C26H29N3. The van der Waals surface area contributed by atoms with Gasteiger partial charge in [-0.05, 0) is 30.8 Å². The molecule has 0 aromatic heterocycles. The molecule has 0 aliphatic rings. The van der Waals surface area contributed by atoms with E-state index in [1.165, 1.54) is 11.1 Å². The van der Waals surface area contributed by atoms with Gasteiger partial charge in [0.05, 0.1) is 6.07 Å². The molecule has 29 heavy (non-hydrogen) atoms. The van der Waals surface area contributed by atoms with E-state index < -0.39 is 5.41 Å². The van der Waals surface area contributed by atoms with Gasteiger partial charge in [0.25, 0.3) is 0 Å². The Morgan fingerprint density at radius 2 is 1.03 bits per heavy atom. The van der Waals surface area contributed by atoms with Gasteiger partial charge in [-0.2, -0.15) is 5.26 Å². The van der Waals surface area contributed by atoms with Gasteiger partial charge in [-0.25, -0.2) is 0 Å². The maximum absolute atomic E-state index is 10.4. The van der Waals surface area contributed by atoms with Crippen LogP contribution in [0.4, 0.5) is 0 Å². The van der Waals surface area contributed by atoms with E-state index >= 15 is 0 Å². The van der Waals surface area contributed by atoms with Crippen LogP contribution in [0.5, 0.6) is 0 Å². The van der Waals surface area contributed by atoms with E-state index in [0.29, 0.717) is 13.1 Å². The maximum Gasteiger partial charge on any atom is 0.107 e. The van der Waals surface area contributed by atoms with Crippen molar-refractivity contribution in [2.75, 3.05) is 27.2 Å². The van der Waals surface area contributed by atoms with Gasteiger partial charge in [0.15, 0.2) is 0 Å². The van der Waals surface area contributed by atoms with E-state index in [4.69, 9.17) is 0 Å². The smallest absolute Gasteiger partial charge is 0.107 e. The quantitative estimate of drug-likeness (QED) is 0.536. The molecule has 148 valence electrons. The van der Waals surface area contributed by atoms with E-state index in [1.807, 2.05) is 30.3 Å². The molecule has 0 aliphatic heterocycles. The number of hydrogen-bond donors (Lipinski definition) is 0. The molecule has 3 nitrogen and oxygen atoms in total. The Kier molecular flexibility index (Phi) is 7.19. The Morgan fingerprint density at radius 3 is 1.41 bits per heavy atom. The summed E-state index contributed by atoms with van der Waals surface area (Å²) in [6.45, 7) is 2.97. The molecule has 3 heteroatoms. The summed E-state index contributed by atoms with van der Waals surface area (Å²) < 4.78 is 0. The highest BCUT2D eigenvalue weighted by Crippen LogP contribution is 2.27. The lowest BCUT2D eigenvalue weighted by atomic mass is 9.80. The fourth-order valence-electron chi connectivity index (χ4n) is 3.95. The molecule has 3 aromatic rings. The van der Waals surface area contributed by atoms with Crippen LogP contribution in [0.3, 0.4) is 0 Å². The zero-order valence-electron chi connectivity index (χ0n) is 17.3. The first-order valence-electron chi connectivity index (χ1n) is 10.0. The molecule has 0 spiro atoms. The summed E-state index contributed by atoms with van der Waals surface area (Å²) in [6.07, 6.45) is 0. The van der Waals surface area contributed by atoms with Crippen LogP contribution in [-0.4, -0.2) is 37.0 Å². The fourth-order valence-corrected chi connectivity index (χ4v) is 3.95. The minimum Gasteiger partial charge on any atom is -0.300 e. The first-order valence-corrected chi connectivity index (χ1v) is 10.0. The Hall–Kier alpha value is -2.93. The van der Waals surface area contributed by atoms with Crippen LogP contribution in [0, 0.1) is 11.3 Å². The Morgan fingerprint density at radius 1 is 0.655 bits per heavy atom. The van der Waals surface area contributed by atoms with Gasteiger partial charge in [-0.15, -0.1) is 0 Å². The highest BCUT2D eigenvalue weighted by molar-refractivity contribution is 5.34. The molecule has 0 saturated carbocycles.